The fraction of sp³-hybridized carbons (Fsp3) is 1.00. The Balaban J connectivity index is 3.14. The van der Waals surface area contributed by atoms with Crippen LogP contribution >= 0.6 is 0 Å². The van der Waals surface area contributed by atoms with Crippen molar-refractivity contribution in [3.05, 3.63) is 5.32 Å². The highest BCUT2D eigenvalue weighted by molar-refractivity contribution is 4.83. The summed E-state index contributed by atoms with van der Waals surface area (Å²) in [7, 11) is 1.87. The molecule has 0 saturated carbocycles. The second kappa shape index (κ2) is 3.03. The van der Waals surface area contributed by atoms with E-state index in [0.717, 1.165) is 0 Å². The van der Waals surface area contributed by atoms with Gasteiger partial charge in [-0.2, -0.15) is 7.05 Å². The molecule has 0 aliphatic heterocycles. The van der Waals surface area contributed by atoms with Crippen molar-refractivity contribution in [1.29, 1.82) is 0 Å². The van der Waals surface area contributed by atoms with Gasteiger partial charge in [0.15, 0.2) is 0 Å². The van der Waals surface area contributed by atoms with Crippen molar-refractivity contribution in [3.8, 4) is 0 Å². The number of hydrogen-bond donors (Lipinski definition) is 0. The lowest BCUT2D eigenvalue weighted by Crippen LogP contribution is -2.07. The summed E-state index contributed by atoms with van der Waals surface area (Å²) in [5, 5.41) is 4.09. The molecular formula is C6H14N-. The van der Waals surface area contributed by atoms with Crippen LogP contribution in [0.1, 0.15) is 20.8 Å². The van der Waals surface area contributed by atoms with Gasteiger partial charge in [0.2, 0.25) is 0 Å². The smallest absolute Gasteiger partial charge is 0.0635 e. The summed E-state index contributed by atoms with van der Waals surface area (Å²) in [6, 6.07) is 0.528. The Morgan fingerprint density at radius 1 is 1.14 bits per heavy atom. The molecular weight excluding hydrogens is 86.1 g/mol. The number of nitrogens with zero attached hydrogens (tertiary/aromatic N) is 1. The fourth-order valence-corrected chi connectivity index (χ4v) is 0.298. The molecule has 1 nitrogen and oxygen atoms in total. The van der Waals surface area contributed by atoms with Gasteiger partial charge in [-0.25, -0.2) is 0 Å². The van der Waals surface area contributed by atoms with Gasteiger partial charge in [0.05, 0.1) is 0 Å². The maximum atomic E-state index is 4.09. The van der Waals surface area contributed by atoms with Crippen LogP contribution in [0.5, 0.6) is 0 Å². The van der Waals surface area contributed by atoms with Gasteiger partial charge in [0, 0.05) is 0 Å². The van der Waals surface area contributed by atoms with Crippen molar-refractivity contribution in [2.75, 3.05) is 7.05 Å². The Morgan fingerprint density at radius 2 is 1.57 bits per heavy atom. The van der Waals surface area contributed by atoms with Crippen molar-refractivity contribution in [2.45, 2.75) is 26.8 Å². The first-order valence-corrected chi connectivity index (χ1v) is 2.77. The predicted molar refractivity (Wildman–Crippen MR) is 33.6 cm³/mol. The molecule has 0 aromatic heterocycles. The highest BCUT2D eigenvalue weighted by Gasteiger charge is 1.90. The summed E-state index contributed by atoms with van der Waals surface area (Å²) < 4.78 is 0. The molecule has 7 heavy (non-hydrogen) atoms. The number of hydrogen-bond acceptors (Lipinski definition) is 0. The predicted octanol–water partition coefficient (Wildman–Crippen LogP) is 2.03. The molecule has 0 heterocycles. The SMILES string of the molecule is C[N-]C(C)C(C)C. The molecule has 1 atom stereocenters. The second-order valence-corrected chi connectivity index (χ2v) is 2.24. The Kier molecular flexibility index (Phi) is 3.01. The topological polar surface area (TPSA) is 14.1 Å². The minimum Gasteiger partial charge on any atom is -0.662 e. The molecule has 44 valence electrons. The zero-order valence-corrected chi connectivity index (χ0v) is 5.60. The third-order valence-electron chi connectivity index (χ3n) is 1.37. The van der Waals surface area contributed by atoms with Crippen LogP contribution < -0.4 is 0 Å². The molecule has 0 N–H and O–H groups in total. The summed E-state index contributed by atoms with van der Waals surface area (Å²) in [6.45, 7) is 6.49. The van der Waals surface area contributed by atoms with E-state index in [1.54, 1.807) is 0 Å². The lowest BCUT2D eigenvalue weighted by molar-refractivity contribution is 0.573. The van der Waals surface area contributed by atoms with E-state index in [1.165, 1.54) is 0 Å². The average molecular weight is 100 g/mol. The third-order valence-corrected chi connectivity index (χ3v) is 1.37. The molecule has 0 saturated heterocycles. The van der Waals surface area contributed by atoms with E-state index in [2.05, 4.69) is 26.1 Å². The fourth-order valence-electron chi connectivity index (χ4n) is 0.298. The first-order chi connectivity index (χ1) is 3.18. The van der Waals surface area contributed by atoms with Crippen LogP contribution in [0.3, 0.4) is 0 Å². The summed E-state index contributed by atoms with van der Waals surface area (Å²) in [5.74, 6) is 0.699. The normalized spacial score (nSPS) is 15.0. The zero-order chi connectivity index (χ0) is 5.86. The molecule has 0 rings (SSSR count). The monoisotopic (exact) mass is 100 g/mol. The van der Waals surface area contributed by atoms with Crippen molar-refractivity contribution in [1.82, 2.24) is 0 Å². The Bertz CT molecular complexity index is 41.4. The summed E-state index contributed by atoms with van der Waals surface area (Å²) in [6.07, 6.45) is 0. The number of rotatable bonds is 2. The molecule has 0 radical (unpaired) electrons. The van der Waals surface area contributed by atoms with E-state index in [0.29, 0.717) is 12.0 Å². The van der Waals surface area contributed by atoms with E-state index in [4.69, 9.17) is 0 Å². The Morgan fingerprint density at radius 3 is 1.57 bits per heavy atom. The minimum absolute atomic E-state index is 0.528. The van der Waals surface area contributed by atoms with Gasteiger partial charge in [0.1, 0.15) is 0 Å². The third kappa shape index (κ3) is 2.63. The molecule has 1 heteroatoms. The molecule has 0 aliphatic carbocycles. The van der Waals surface area contributed by atoms with Gasteiger partial charge < -0.3 is 5.32 Å². The molecule has 0 aliphatic rings. The Labute approximate surface area is 46.1 Å². The largest absolute Gasteiger partial charge is 0.662 e. The first kappa shape index (κ1) is 6.96. The molecule has 0 aromatic carbocycles. The second-order valence-electron chi connectivity index (χ2n) is 2.24. The maximum absolute atomic E-state index is 4.09. The van der Waals surface area contributed by atoms with Gasteiger partial charge in [-0.05, 0) is 0 Å². The van der Waals surface area contributed by atoms with Gasteiger partial charge in [-0.3, -0.25) is 0 Å². The van der Waals surface area contributed by atoms with Crippen molar-refractivity contribution in [2.24, 2.45) is 5.92 Å². The first-order valence-electron chi connectivity index (χ1n) is 2.77. The van der Waals surface area contributed by atoms with E-state index >= 15 is 0 Å². The van der Waals surface area contributed by atoms with Gasteiger partial charge in [-0.1, -0.05) is 26.7 Å². The van der Waals surface area contributed by atoms with Gasteiger partial charge in [-0.15, -0.1) is 6.04 Å². The van der Waals surface area contributed by atoms with E-state index in [9.17, 15) is 0 Å². The molecule has 1 unspecified atom stereocenters. The molecule has 0 aromatic rings. The quantitative estimate of drug-likeness (QED) is 0.504. The van der Waals surface area contributed by atoms with Gasteiger partial charge >= 0.3 is 0 Å². The highest BCUT2D eigenvalue weighted by Crippen LogP contribution is 2.06. The van der Waals surface area contributed by atoms with Crippen LogP contribution in [0.2, 0.25) is 0 Å². The van der Waals surface area contributed by atoms with Gasteiger partial charge in [0.25, 0.3) is 0 Å². The van der Waals surface area contributed by atoms with Crippen molar-refractivity contribution < 1.29 is 0 Å². The minimum atomic E-state index is 0.528. The van der Waals surface area contributed by atoms with E-state index < -0.39 is 0 Å². The van der Waals surface area contributed by atoms with Crippen LogP contribution in [0.25, 0.3) is 5.32 Å². The van der Waals surface area contributed by atoms with Crippen LogP contribution in [0.15, 0.2) is 0 Å². The molecule has 0 amide bonds. The lowest BCUT2D eigenvalue weighted by atomic mass is 10.1. The van der Waals surface area contributed by atoms with Crippen molar-refractivity contribution >= 4 is 0 Å². The van der Waals surface area contributed by atoms with E-state index in [-0.39, 0.29) is 0 Å². The standard InChI is InChI=1S/C6H14N/c1-5(2)6(3)7-4/h5-6H,1-4H3/q-1. The molecule has 0 fully saturated rings. The highest BCUT2D eigenvalue weighted by atomic mass is 14.9. The van der Waals surface area contributed by atoms with Crippen molar-refractivity contribution in [3.63, 3.8) is 0 Å². The lowest BCUT2D eigenvalue weighted by Gasteiger charge is -2.26. The summed E-state index contributed by atoms with van der Waals surface area (Å²) >= 11 is 0. The van der Waals surface area contributed by atoms with Crippen LogP contribution in [-0.2, 0) is 0 Å². The summed E-state index contributed by atoms with van der Waals surface area (Å²) in [4.78, 5) is 0. The zero-order valence-electron chi connectivity index (χ0n) is 5.60. The Hall–Kier alpha value is -0.0400. The average Bonchev–Trinajstić information content (AvgIpc) is 1.65. The van der Waals surface area contributed by atoms with E-state index in [1.807, 2.05) is 7.05 Å². The van der Waals surface area contributed by atoms with Crippen LogP contribution in [-0.4, -0.2) is 13.1 Å². The van der Waals surface area contributed by atoms with Crippen LogP contribution in [0, 0.1) is 5.92 Å². The molecule has 0 spiro atoms. The molecule has 0 bridgehead atoms. The maximum Gasteiger partial charge on any atom is -0.0635 e. The van der Waals surface area contributed by atoms with Crippen LogP contribution in [0.4, 0.5) is 0 Å². The summed E-state index contributed by atoms with van der Waals surface area (Å²) in [5.41, 5.74) is 0.